The van der Waals surface area contributed by atoms with Crippen LogP contribution < -0.4 is 11.3 Å². The van der Waals surface area contributed by atoms with E-state index in [-0.39, 0.29) is 11.9 Å². The third-order valence-electron chi connectivity index (χ3n) is 3.36. The molecule has 100 valence electrons. The van der Waals surface area contributed by atoms with Crippen molar-refractivity contribution in [1.29, 1.82) is 0 Å². The van der Waals surface area contributed by atoms with E-state index in [2.05, 4.69) is 21.4 Å². The Morgan fingerprint density at radius 2 is 2.39 bits per heavy atom. The van der Waals surface area contributed by atoms with Crippen molar-refractivity contribution in [3.63, 3.8) is 0 Å². The third kappa shape index (κ3) is 3.29. The minimum absolute atomic E-state index is 0.174. The van der Waals surface area contributed by atoms with Crippen LogP contribution in [0.4, 0.5) is 4.39 Å². The Morgan fingerprint density at radius 3 is 3.06 bits per heavy atom. The zero-order valence-corrected chi connectivity index (χ0v) is 11.7. The van der Waals surface area contributed by atoms with Gasteiger partial charge in [0.15, 0.2) is 0 Å². The van der Waals surface area contributed by atoms with E-state index < -0.39 is 0 Å². The summed E-state index contributed by atoms with van der Waals surface area (Å²) >= 11 is 3.19. The molecule has 2 atom stereocenters. The molecule has 1 saturated heterocycles. The molecule has 0 amide bonds. The second kappa shape index (κ2) is 6.61. The summed E-state index contributed by atoms with van der Waals surface area (Å²) in [5.74, 6) is 5.29. The molecule has 3 N–H and O–H groups in total. The highest BCUT2D eigenvalue weighted by Crippen LogP contribution is 2.28. The van der Waals surface area contributed by atoms with Crippen molar-refractivity contribution >= 4 is 15.9 Å². The molecule has 0 aromatic heterocycles. The smallest absolute Gasteiger partial charge is 0.142 e. The molecule has 0 radical (unpaired) electrons. The highest BCUT2D eigenvalue weighted by molar-refractivity contribution is 9.10. The number of nitrogens with one attached hydrogen (secondary N) is 1. The van der Waals surface area contributed by atoms with Gasteiger partial charge in [0.1, 0.15) is 5.82 Å². The normalized spacial score (nSPS) is 21.2. The highest BCUT2D eigenvalue weighted by Gasteiger charge is 2.20. The number of hydrogen-bond donors (Lipinski definition) is 2. The first-order valence-electron chi connectivity index (χ1n) is 6.24. The van der Waals surface area contributed by atoms with Crippen molar-refractivity contribution in [2.24, 2.45) is 5.84 Å². The fraction of sp³-hybridized carbons (Fsp3) is 0.538. The first-order valence-corrected chi connectivity index (χ1v) is 7.03. The third-order valence-corrected chi connectivity index (χ3v) is 3.97. The van der Waals surface area contributed by atoms with Gasteiger partial charge in [0.25, 0.3) is 0 Å². The van der Waals surface area contributed by atoms with E-state index in [1.165, 1.54) is 0 Å². The summed E-state index contributed by atoms with van der Waals surface area (Å²) in [6.45, 7) is 0.844. The minimum Gasteiger partial charge on any atom is -0.378 e. The van der Waals surface area contributed by atoms with E-state index in [1.54, 1.807) is 12.1 Å². The van der Waals surface area contributed by atoms with E-state index in [0.717, 1.165) is 32.3 Å². The number of nitrogens with two attached hydrogens (primary N) is 1. The van der Waals surface area contributed by atoms with E-state index >= 15 is 0 Å². The number of hydrogen-bond acceptors (Lipinski definition) is 3. The van der Waals surface area contributed by atoms with Crippen LogP contribution >= 0.6 is 15.9 Å². The van der Waals surface area contributed by atoms with Gasteiger partial charge in [-0.05, 0) is 47.7 Å². The van der Waals surface area contributed by atoms with Gasteiger partial charge in [0.2, 0.25) is 0 Å². The summed E-state index contributed by atoms with van der Waals surface area (Å²) < 4.78 is 20.0. The van der Waals surface area contributed by atoms with Crippen molar-refractivity contribution < 1.29 is 9.13 Å². The molecular weight excluding hydrogens is 299 g/mol. The van der Waals surface area contributed by atoms with Gasteiger partial charge < -0.3 is 4.74 Å². The summed E-state index contributed by atoms with van der Waals surface area (Å²) in [7, 11) is 0. The van der Waals surface area contributed by atoms with Crippen LogP contribution in [-0.2, 0) is 4.74 Å². The fourth-order valence-corrected chi connectivity index (χ4v) is 2.72. The van der Waals surface area contributed by atoms with Gasteiger partial charge in [-0.3, -0.25) is 11.3 Å². The zero-order chi connectivity index (χ0) is 13.0. The van der Waals surface area contributed by atoms with Gasteiger partial charge >= 0.3 is 0 Å². The molecule has 1 fully saturated rings. The van der Waals surface area contributed by atoms with Gasteiger partial charge in [-0.25, -0.2) is 4.39 Å². The minimum atomic E-state index is -0.243. The highest BCUT2D eigenvalue weighted by atomic mass is 79.9. The summed E-state index contributed by atoms with van der Waals surface area (Å²) in [5.41, 5.74) is 3.30. The predicted molar refractivity (Wildman–Crippen MR) is 72.4 cm³/mol. The number of ether oxygens (including phenoxy) is 1. The van der Waals surface area contributed by atoms with Gasteiger partial charge in [-0.2, -0.15) is 0 Å². The van der Waals surface area contributed by atoms with E-state index in [1.807, 2.05) is 6.07 Å². The first-order chi connectivity index (χ1) is 8.72. The summed E-state index contributed by atoms with van der Waals surface area (Å²) in [5, 5.41) is 0. The van der Waals surface area contributed by atoms with Crippen LogP contribution in [0.2, 0.25) is 0 Å². The predicted octanol–water partition coefficient (Wildman–Crippen LogP) is 3.05. The van der Waals surface area contributed by atoms with E-state index in [0.29, 0.717) is 16.1 Å². The Bertz CT molecular complexity index is 397. The molecule has 2 unspecified atom stereocenters. The van der Waals surface area contributed by atoms with Crippen molar-refractivity contribution in [3.05, 3.63) is 34.1 Å². The molecule has 1 heterocycles. The summed E-state index contributed by atoms with van der Waals surface area (Å²) in [6.07, 6.45) is 4.20. The topological polar surface area (TPSA) is 47.3 Å². The maximum Gasteiger partial charge on any atom is 0.142 e. The molecule has 0 bridgehead atoms. The monoisotopic (exact) mass is 316 g/mol. The molecule has 0 aliphatic carbocycles. The molecule has 1 aromatic rings. The average molecular weight is 317 g/mol. The van der Waals surface area contributed by atoms with Crippen LogP contribution in [0.25, 0.3) is 0 Å². The average Bonchev–Trinajstić information content (AvgIpc) is 2.88. The van der Waals surface area contributed by atoms with Crippen LogP contribution in [0.15, 0.2) is 22.7 Å². The Balaban J connectivity index is 2.00. The molecule has 0 spiro atoms. The maximum atomic E-state index is 14.0. The van der Waals surface area contributed by atoms with Gasteiger partial charge in [0, 0.05) is 18.2 Å². The lowest BCUT2D eigenvalue weighted by Crippen LogP contribution is -2.29. The molecule has 1 aliphatic heterocycles. The van der Waals surface area contributed by atoms with Gasteiger partial charge in [-0.1, -0.05) is 12.1 Å². The largest absolute Gasteiger partial charge is 0.378 e. The number of benzene rings is 1. The van der Waals surface area contributed by atoms with Crippen molar-refractivity contribution in [1.82, 2.24) is 5.43 Å². The van der Waals surface area contributed by atoms with Crippen LogP contribution in [0.5, 0.6) is 0 Å². The Hall–Kier alpha value is -0.490. The van der Waals surface area contributed by atoms with Gasteiger partial charge in [0.05, 0.1) is 10.6 Å². The lowest BCUT2D eigenvalue weighted by atomic mass is 9.99. The standard InChI is InChI=1S/C13H18BrFN2O/c14-11-5-1-4-10(13(11)15)12(17-16)7-6-9-3-2-8-18-9/h1,4-5,9,12,17H,2-3,6-8,16H2. The Labute approximate surface area is 115 Å². The Kier molecular flexibility index (Phi) is 5.12. The molecule has 2 rings (SSSR count). The van der Waals surface area contributed by atoms with Crippen LogP contribution in [0, 0.1) is 5.82 Å². The fourth-order valence-electron chi connectivity index (χ4n) is 2.34. The van der Waals surface area contributed by atoms with Crippen LogP contribution in [0.1, 0.15) is 37.3 Å². The summed E-state index contributed by atoms with van der Waals surface area (Å²) in [4.78, 5) is 0. The zero-order valence-electron chi connectivity index (χ0n) is 10.2. The molecule has 5 heteroatoms. The number of hydrazine groups is 1. The van der Waals surface area contributed by atoms with Crippen molar-refractivity contribution in [3.8, 4) is 0 Å². The summed E-state index contributed by atoms with van der Waals surface area (Å²) in [6, 6.07) is 5.10. The molecule has 0 saturated carbocycles. The SMILES string of the molecule is NNC(CCC1CCCO1)c1cccc(Br)c1F. The van der Waals surface area contributed by atoms with Gasteiger partial charge in [-0.15, -0.1) is 0 Å². The molecule has 1 aromatic carbocycles. The van der Waals surface area contributed by atoms with Crippen molar-refractivity contribution in [2.45, 2.75) is 37.8 Å². The first kappa shape index (κ1) is 13.9. The van der Waals surface area contributed by atoms with Crippen LogP contribution in [0.3, 0.4) is 0 Å². The Morgan fingerprint density at radius 1 is 1.56 bits per heavy atom. The molecular formula is C13H18BrFN2O. The second-order valence-electron chi connectivity index (χ2n) is 4.57. The quantitative estimate of drug-likeness (QED) is 0.648. The number of rotatable bonds is 5. The van der Waals surface area contributed by atoms with Crippen molar-refractivity contribution in [2.75, 3.05) is 6.61 Å². The van der Waals surface area contributed by atoms with E-state index in [4.69, 9.17) is 10.6 Å². The molecule has 18 heavy (non-hydrogen) atoms. The molecule has 1 aliphatic rings. The number of halogens is 2. The second-order valence-corrected chi connectivity index (χ2v) is 5.43. The van der Waals surface area contributed by atoms with E-state index in [9.17, 15) is 4.39 Å². The maximum absolute atomic E-state index is 14.0. The lowest BCUT2D eigenvalue weighted by molar-refractivity contribution is 0.0995. The van der Waals surface area contributed by atoms with Crippen LogP contribution in [-0.4, -0.2) is 12.7 Å². The molecule has 3 nitrogen and oxygen atoms in total. The lowest BCUT2D eigenvalue weighted by Gasteiger charge is -2.19.